The molecule has 0 aliphatic carbocycles. The number of hydrogen-bond donors (Lipinski definition) is 2. The molecule has 4 rings (SSSR count). The number of nitrogens with two attached hydrogens (primary N) is 1. The van der Waals surface area contributed by atoms with Crippen molar-refractivity contribution < 1.29 is 9.59 Å². The third-order valence-electron chi connectivity index (χ3n) is 5.53. The number of hydrogen-bond acceptors (Lipinski definition) is 4. The quantitative estimate of drug-likeness (QED) is 0.624. The number of rotatable bonds is 3. The first kappa shape index (κ1) is 18.9. The van der Waals surface area contributed by atoms with E-state index in [0.29, 0.717) is 31.7 Å². The van der Waals surface area contributed by atoms with Crippen LogP contribution in [0.2, 0.25) is 0 Å². The Hall–Kier alpha value is -3.41. The van der Waals surface area contributed by atoms with Gasteiger partial charge in [0.15, 0.2) is 0 Å². The third kappa shape index (κ3) is 4.06. The van der Waals surface area contributed by atoms with Crippen molar-refractivity contribution in [2.24, 2.45) is 0 Å². The van der Waals surface area contributed by atoms with Crippen LogP contribution in [0.5, 0.6) is 0 Å². The molecule has 3 N–H and O–H groups in total. The average molecular weight is 388 g/mol. The maximum absolute atomic E-state index is 12.6. The highest BCUT2D eigenvalue weighted by atomic mass is 16.2. The van der Waals surface area contributed by atoms with E-state index in [9.17, 15) is 9.59 Å². The zero-order valence-corrected chi connectivity index (χ0v) is 16.4. The molecule has 0 radical (unpaired) electrons. The summed E-state index contributed by atoms with van der Waals surface area (Å²) < 4.78 is 0. The molecule has 6 nitrogen and oxygen atoms in total. The predicted octanol–water partition coefficient (Wildman–Crippen LogP) is 3.19. The summed E-state index contributed by atoms with van der Waals surface area (Å²) in [6.45, 7) is 3.29. The van der Waals surface area contributed by atoms with Crippen LogP contribution >= 0.6 is 0 Å². The Kier molecular flexibility index (Phi) is 5.16. The van der Waals surface area contributed by atoms with Crippen LogP contribution in [0, 0.1) is 6.92 Å². The van der Waals surface area contributed by atoms with E-state index < -0.39 is 0 Å². The summed E-state index contributed by atoms with van der Waals surface area (Å²) in [6.07, 6.45) is 9.11. The predicted molar refractivity (Wildman–Crippen MR) is 115 cm³/mol. The monoisotopic (exact) mass is 388 g/mol. The minimum absolute atomic E-state index is 0.00521. The largest absolute Gasteiger partial charge is 0.398 e. The average Bonchev–Trinajstić information content (AvgIpc) is 2.74. The van der Waals surface area contributed by atoms with Crippen molar-refractivity contribution in [3.8, 4) is 0 Å². The van der Waals surface area contributed by atoms with Crippen molar-refractivity contribution in [2.75, 3.05) is 24.1 Å². The van der Waals surface area contributed by atoms with E-state index in [1.54, 1.807) is 18.3 Å². The molecule has 0 saturated carbocycles. The maximum atomic E-state index is 12.6. The van der Waals surface area contributed by atoms with Crippen LogP contribution in [0.25, 0.3) is 11.6 Å². The lowest BCUT2D eigenvalue weighted by Gasteiger charge is -2.26. The van der Waals surface area contributed by atoms with Gasteiger partial charge in [-0.2, -0.15) is 0 Å². The molecule has 1 aromatic carbocycles. The highest BCUT2D eigenvalue weighted by Crippen LogP contribution is 2.28. The van der Waals surface area contributed by atoms with Crippen molar-refractivity contribution in [3.63, 3.8) is 0 Å². The number of nitrogen functional groups attached to an aromatic ring is 1. The van der Waals surface area contributed by atoms with Gasteiger partial charge in [0.1, 0.15) is 5.82 Å². The Labute approximate surface area is 170 Å². The van der Waals surface area contributed by atoms with E-state index in [4.69, 9.17) is 5.73 Å². The van der Waals surface area contributed by atoms with Crippen LogP contribution in [-0.4, -0.2) is 34.8 Å². The van der Waals surface area contributed by atoms with Crippen LogP contribution < -0.4 is 11.1 Å². The Morgan fingerprint density at radius 2 is 2.14 bits per heavy atom. The lowest BCUT2D eigenvalue weighted by atomic mass is 9.94. The summed E-state index contributed by atoms with van der Waals surface area (Å²) in [7, 11) is 0. The van der Waals surface area contributed by atoms with Crippen LogP contribution in [0.4, 0.5) is 11.5 Å². The summed E-state index contributed by atoms with van der Waals surface area (Å²) in [5.41, 5.74) is 12.2. The molecule has 0 fully saturated rings. The minimum Gasteiger partial charge on any atom is -0.398 e. The first-order chi connectivity index (χ1) is 14.0. The maximum Gasteiger partial charge on any atom is 0.246 e. The van der Waals surface area contributed by atoms with E-state index in [-0.39, 0.29) is 11.8 Å². The highest BCUT2D eigenvalue weighted by molar-refractivity contribution is 5.94. The van der Waals surface area contributed by atoms with E-state index in [1.165, 1.54) is 11.1 Å². The van der Waals surface area contributed by atoms with Crippen molar-refractivity contribution in [1.82, 2.24) is 9.88 Å². The summed E-state index contributed by atoms with van der Waals surface area (Å²) in [4.78, 5) is 30.1. The number of pyridine rings is 1. The zero-order chi connectivity index (χ0) is 20.4. The van der Waals surface area contributed by atoms with Crippen molar-refractivity contribution >= 4 is 35.0 Å². The molecule has 6 heteroatoms. The van der Waals surface area contributed by atoms with Gasteiger partial charge in [0, 0.05) is 37.5 Å². The SMILES string of the molecule is Cc1c(N)cccc1C1=CCN(C(=O)/C=C/c2cnc3c(c2)CCC(=O)N3)CC1. The molecule has 0 spiro atoms. The second-order valence-electron chi connectivity index (χ2n) is 7.44. The fraction of sp³-hybridized carbons (Fsp3) is 0.261. The molecule has 148 valence electrons. The fourth-order valence-corrected chi connectivity index (χ4v) is 3.75. The van der Waals surface area contributed by atoms with E-state index >= 15 is 0 Å². The number of carbonyl (C=O) groups excluding carboxylic acids is 2. The molecular formula is C23H24N4O2. The van der Waals surface area contributed by atoms with Crippen molar-refractivity contribution in [1.29, 1.82) is 0 Å². The van der Waals surface area contributed by atoms with Crippen molar-refractivity contribution in [2.45, 2.75) is 26.2 Å². The second-order valence-corrected chi connectivity index (χ2v) is 7.44. The molecule has 0 saturated heterocycles. The highest BCUT2D eigenvalue weighted by Gasteiger charge is 2.18. The van der Waals surface area contributed by atoms with Gasteiger partial charge >= 0.3 is 0 Å². The second kappa shape index (κ2) is 7.91. The molecule has 2 aliphatic heterocycles. The van der Waals surface area contributed by atoms with Crippen LogP contribution in [0.3, 0.4) is 0 Å². The molecule has 0 bridgehead atoms. The number of aromatic nitrogens is 1. The van der Waals surface area contributed by atoms with Crippen LogP contribution in [0.15, 0.2) is 42.6 Å². The molecule has 2 aromatic rings. The fourth-order valence-electron chi connectivity index (χ4n) is 3.75. The van der Waals surface area contributed by atoms with Gasteiger partial charge in [0.25, 0.3) is 0 Å². The molecule has 3 heterocycles. The smallest absolute Gasteiger partial charge is 0.246 e. The Morgan fingerprint density at radius 3 is 2.93 bits per heavy atom. The van der Waals surface area contributed by atoms with Gasteiger partial charge in [-0.15, -0.1) is 0 Å². The van der Waals surface area contributed by atoms with Gasteiger partial charge < -0.3 is 16.0 Å². The molecule has 29 heavy (non-hydrogen) atoms. The van der Waals surface area contributed by atoms with E-state index in [1.807, 2.05) is 30.0 Å². The van der Waals surface area contributed by atoms with E-state index in [2.05, 4.69) is 22.4 Å². The number of carbonyl (C=O) groups is 2. The number of benzene rings is 1. The van der Waals surface area contributed by atoms with Crippen molar-refractivity contribution in [3.05, 3.63) is 64.9 Å². The summed E-state index contributed by atoms with van der Waals surface area (Å²) in [5.74, 6) is 0.597. The number of nitrogens with zero attached hydrogens (tertiary/aromatic N) is 2. The number of fused-ring (bicyclic) bond motifs is 1. The van der Waals surface area contributed by atoms with Gasteiger partial charge in [-0.1, -0.05) is 18.2 Å². The summed E-state index contributed by atoms with van der Waals surface area (Å²) in [6, 6.07) is 7.94. The van der Waals surface area contributed by atoms with Gasteiger partial charge in [-0.05, 0) is 65.8 Å². The summed E-state index contributed by atoms with van der Waals surface area (Å²) >= 11 is 0. The molecule has 2 amide bonds. The Balaban J connectivity index is 1.42. The molecule has 0 atom stereocenters. The van der Waals surface area contributed by atoms with Gasteiger partial charge in [-0.3, -0.25) is 9.59 Å². The summed E-state index contributed by atoms with van der Waals surface area (Å²) in [5, 5.41) is 2.77. The normalized spacial score (nSPS) is 16.4. The molecule has 0 unspecified atom stereocenters. The number of nitrogens with one attached hydrogen (secondary N) is 1. The standard InChI is InChI=1S/C23H24N4O2/c1-15-19(3-2-4-20(15)24)17-9-11-27(12-10-17)22(29)8-5-16-13-18-6-7-21(28)26-23(18)25-14-16/h2-5,8-9,13-14H,6-7,10-12,24H2,1H3,(H,25,26,28)/b8-5+. The third-order valence-corrected chi connectivity index (χ3v) is 5.53. The minimum atomic E-state index is -0.0179. The molecule has 1 aromatic heterocycles. The lowest BCUT2D eigenvalue weighted by molar-refractivity contribution is -0.125. The Morgan fingerprint density at radius 1 is 1.28 bits per heavy atom. The topological polar surface area (TPSA) is 88.3 Å². The van der Waals surface area contributed by atoms with Crippen LogP contribution in [-0.2, 0) is 16.0 Å². The van der Waals surface area contributed by atoms with Gasteiger partial charge in [0.05, 0.1) is 0 Å². The number of aryl methyl sites for hydroxylation is 1. The lowest BCUT2D eigenvalue weighted by Crippen LogP contribution is -2.33. The Bertz CT molecular complexity index is 1040. The molecule has 2 aliphatic rings. The number of amides is 2. The van der Waals surface area contributed by atoms with Gasteiger partial charge in [-0.25, -0.2) is 4.98 Å². The first-order valence-corrected chi connectivity index (χ1v) is 9.81. The zero-order valence-electron chi connectivity index (χ0n) is 16.4. The first-order valence-electron chi connectivity index (χ1n) is 9.81. The molecular weight excluding hydrogens is 364 g/mol. The number of anilines is 2. The van der Waals surface area contributed by atoms with E-state index in [0.717, 1.165) is 28.8 Å². The van der Waals surface area contributed by atoms with Crippen LogP contribution in [0.1, 0.15) is 35.1 Å². The van der Waals surface area contributed by atoms with Gasteiger partial charge in [0.2, 0.25) is 11.8 Å².